The molecule has 4 aromatic carbocycles. The zero-order chi connectivity index (χ0) is 30.8. The van der Waals surface area contributed by atoms with Gasteiger partial charge in [0.2, 0.25) is 0 Å². The summed E-state index contributed by atoms with van der Waals surface area (Å²) in [5.41, 5.74) is 8.72. The zero-order valence-electron chi connectivity index (χ0n) is 26.5. The van der Waals surface area contributed by atoms with Crippen molar-refractivity contribution in [3.8, 4) is 45.3 Å². The monoisotopic (exact) mass is 591 g/mol. The topological polar surface area (TPSA) is 57.1 Å². The van der Waals surface area contributed by atoms with Crippen molar-refractivity contribution in [3.63, 3.8) is 0 Å². The van der Waals surface area contributed by atoms with Crippen molar-refractivity contribution in [2.24, 2.45) is 0 Å². The smallest absolute Gasteiger partial charge is 0.399 e. The van der Waals surface area contributed by atoms with Gasteiger partial charge in [0, 0.05) is 22.1 Å². The van der Waals surface area contributed by atoms with Crippen molar-refractivity contribution < 1.29 is 9.31 Å². The normalized spacial score (nSPS) is 19.0. The molecule has 0 amide bonds. The van der Waals surface area contributed by atoms with Crippen LogP contribution < -0.4 is 5.46 Å². The van der Waals surface area contributed by atoms with E-state index in [-0.39, 0.29) is 23.7 Å². The molecule has 1 saturated heterocycles. The Morgan fingerprint density at radius 3 is 1.58 bits per heavy atom. The van der Waals surface area contributed by atoms with Crippen molar-refractivity contribution in [2.75, 3.05) is 0 Å². The maximum Gasteiger partial charge on any atom is 0.494 e. The summed E-state index contributed by atoms with van der Waals surface area (Å²) in [4.78, 5) is 15.0. The fourth-order valence-electron chi connectivity index (χ4n) is 7.41. The molecule has 0 atom stereocenters. The quantitative estimate of drug-likeness (QED) is 0.197. The van der Waals surface area contributed by atoms with Crippen LogP contribution in [-0.4, -0.2) is 33.3 Å². The Balaban J connectivity index is 1.25. The molecule has 2 fully saturated rings. The van der Waals surface area contributed by atoms with Crippen LogP contribution >= 0.6 is 0 Å². The highest BCUT2D eigenvalue weighted by Gasteiger charge is 2.52. The van der Waals surface area contributed by atoms with Crippen LogP contribution in [0.2, 0.25) is 0 Å². The summed E-state index contributed by atoms with van der Waals surface area (Å²) in [6.07, 6.45) is 5.96. The van der Waals surface area contributed by atoms with E-state index in [1.807, 2.05) is 36.4 Å². The van der Waals surface area contributed by atoms with Crippen LogP contribution in [0.3, 0.4) is 0 Å². The summed E-state index contributed by atoms with van der Waals surface area (Å²) in [6.45, 7) is 8.48. The highest BCUT2D eigenvalue weighted by Crippen LogP contribution is 2.56. The Morgan fingerprint density at radius 1 is 0.533 bits per heavy atom. The van der Waals surface area contributed by atoms with Gasteiger partial charge >= 0.3 is 7.12 Å². The second-order valence-corrected chi connectivity index (χ2v) is 13.8. The molecule has 2 aliphatic carbocycles. The predicted molar refractivity (Wildman–Crippen MR) is 181 cm³/mol. The first-order valence-corrected chi connectivity index (χ1v) is 16.3. The zero-order valence-corrected chi connectivity index (χ0v) is 26.5. The predicted octanol–water partition coefficient (Wildman–Crippen LogP) is 8.40. The molecule has 224 valence electrons. The largest absolute Gasteiger partial charge is 0.494 e. The van der Waals surface area contributed by atoms with E-state index in [4.69, 9.17) is 24.3 Å². The first kappa shape index (κ1) is 28.4. The van der Waals surface area contributed by atoms with Crippen LogP contribution in [0, 0.1) is 0 Å². The molecule has 5 nitrogen and oxygen atoms in total. The van der Waals surface area contributed by atoms with E-state index < -0.39 is 0 Å². The number of aromatic nitrogens is 3. The van der Waals surface area contributed by atoms with Crippen LogP contribution in [0.25, 0.3) is 45.3 Å². The Morgan fingerprint density at radius 2 is 1.02 bits per heavy atom. The fraction of sp³-hybridized carbons (Fsp3) is 0.308. The van der Waals surface area contributed by atoms with Gasteiger partial charge < -0.3 is 9.31 Å². The average Bonchev–Trinajstić information content (AvgIpc) is 3.46. The average molecular weight is 592 g/mol. The summed E-state index contributed by atoms with van der Waals surface area (Å²) < 4.78 is 13.0. The number of benzene rings is 4. The molecule has 3 aliphatic rings. The van der Waals surface area contributed by atoms with Crippen LogP contribution in [-0.2, 0) is 14.7 Å². The van der Waals surface area contributed by atoms with E-state index in [0.29, 0.717) is 17.5 Å². The highest BCUT2D eigenvalue weighted by molar-refractivity contribution is 6.62. The van der Waals surface area contributed by atoms with Crippen molar-refractivity contribution in [3.05, 3.63) is 108 Å². The van der Waals surface area contributed by atoms with E-state index in [2.05, 4.69) is 88.4 Å². The molecular weight excluding hydrogens is 553 g/mol. The second-order valence-electron chi connectivity index (χ2n) is 13.8. The number of hydrogen-bond donors (Lipinski definition) is 0. The lowest BCUT2D eigenvalue weighted by Gasteiger charge is -2.36. The molecule has 1 aromatic heterocycles. The summed E-state index contributed by atoms with van der Waals surface area (Å²) in [6, 6.07) is 34.1. The van der Waals surface area contributed by atoms with Crippen LogP contribution in [0.1, 0.15) is 70.9 Å². The van der Waals surface area contributed by atoms with E-state index in [0.717, 1.165) is 35.0 Å². The van der Waals surface area contributed by atoms with E-state index in [1.54, 1.807) is 0 Å². The Hall–Kier alpha value is -4.13. The minimum atomic E-state index is -0.377. The number of rotatable bonds is 4. The molecule has 0 unspecified atom stereocenters. The molecular formula is C39H38BN3O2. The molecule has 0 radical (unpaired) electrons. The number of nitrogens with zero attached hydrogens (tertiary/aromatic N) is 3. The molecule has 1 aliphatic heterocycles. The van der Waals surface area contributed by atoms with E-state index >= 15 is 0 Å². The van der Waals surface area contributed by atoms with Crippen molar-refractivity contribution >= 4 is 12.6 Å². The van der Waals surface area contributed by atoms with Gasteiger partial charge in [-0.3, -0.25) is 0 Å². The molecule has 8 rings (SSSR count). The van der Waals surface area contributed by atoms with Crippen molar-refractivity contribution in [1.82, 2.24) is 15.0 Å². The fourth-order valence-corrected chi connectivity index (χ4v) is 7.41. The van der Waals surface area contributed by atoms with Gasteiger partial charge in [-0.1, -0.05) is 110 Å². The minimum absolute atomic E-state index is 0.0455. The lowest BCUT2D eigenvalue weighted by Crippen LogP contribution is -2.41. The van der Waals surface area contributed by atoms with Gasteiger partial charge in [-0.2, -0.15) is 0 Å². The van der Waals surface area contributed by atoms with Gasteiger partial charge in [-0.05, 0) is 74.3 Å². The van der Waals surface area contributed by atoms with Gasteiger partial charge in [-0.15, -0.1) is 0 Å². The van der Waals surface area contributed by atoms with Crippen molar-refractivity contribution in [2.45, 2.75) is 76.4 Å². The lowest BCUT2D eigenvalue weighted by atomic mass is 9.66. The van der Waals surface area contributed by atoms with Crippen LogP contribution in [0.5, 0.6) is 0 Å². The Kier molecular flexibility index (Phi) is 6.60. The molecule has 6 heteroatoms. The standard InChI is InChI=1S/C39H38BN3O2/c1-37(2)38(3,4)45-40(44-37)29-19-21-31-30-20-18-28(24-32(30)39(33(31)25-29)22-12-7-13-23-39)36-42-34(26-14-8-5-9-15-26)41-35(43-36)27-16-10-6-11-17-27/h5-6,8-11,14-21,24-25H,7,12-13,22-23H2,1-4H3. The van der Waals surface area contributed by atoms with E-state index in [9.17, 15) is 0 Å². The lowest BCUT2D eigenvalue weighted by molar-refractivity contribution is 0.00578. The summed E-state index contributed by atoms with van der Waals surface area (Å²) in [5, 5.41) is 0. The molecule has 1 saturated carbocycles. The van der Waals surface area contributed by atoms with Gasteiger partial charge in [0.1, 0.15) is 0 Å². The number of fused-ring (bicyclic) bond motifs is 5. The third-order valence-electron chi connectivity index (χ3n) is 10.6. The molecule has 0 N–H and O–H groups in total. The van der Waals surface area contributed by atoms with Crippen LogP contribution in [0.4, 0.5) is 0 Å². The molecule has 5 aromatic rings. The summed E-state index contributed by atoms with van der Waals surface area (Å²) >= 11 is 0. The molecule has 0 bridgehead atoms. The number of hydrogen-bond acceptors (Lipinski definition) is 5. The molecule has 2 heterocycles. The summed E-state index contributed by atoms with van der Waals surface area (Å²) in [7, 11) is -0.377. The Labute approximate surface area is 266 Å². The van der Waals surface area contributed by atoms with Gasteiger partial charge in [-0.25, -0.2) is 15.0 Å². The first-order valence-electron chi connectivity index (χ1n) is 16.3. The molecule has 45 heavy (non-hydrogen) atoms. The van der Waals surface area contributed by atoms with E-state index in [1.165, 1.54) is 41.5 Å². The minimum Gasteiger partial charge on any atom is -0.399 e. The summed E-state index contributed by atoms with van der Waals surface area (Å²) in [5.74, 6) is 2.07. The highest BCUT2D eigenvalue weighted by atomic mass is 16.7. The van der Waals surface area contributed by atoms with Crippen molar-refractivity contribution in [1.29, 1.82) is 0 Å². The molecule has 1 spiro atoms. The maximum atomic E-state index is 6.49. The first-order chi connectivity index (χ1) is 21.7. The maximum absolute atomic E-state index is 6.49. The second kappa shape index (κ2) is 10.5. The SMILES string of the molecule is CC1(C)OB(c2ccc3c(c2)C2(CCCCC2)c2cc(-c4nc(-c5ccccc5)nc(-c5ccccc5)n4)ccc2-3)OC1(C)C. The third-order valence-corrected chi connectivity index (χ3v) is 10.6. The van der Waals surface area contributed by atoms with Gasteiger partial charge in [0.15, 0.2) is 17.5 Å². The van der Waals surface area contributed by atoms with Crippen LogP contribution in [0.15, 0.2) is 97.1 Å². The van der Waals surface area contributed by atoms with Gasteiger partial charge in [0.25, 0.3) is 0 Å². The van der Waals surface area contributed by atoms with Gasteiger partial charge in [0.05, 0.1) is 11.2 Å². The Bertz CT molecular complexity index is 1830. The third kappa shape index (κ3) is 4.65.